The van der Waals surface area contributed by atoms with Crippen LogP contribution in [0.25, 0.3) is 0 Å². The molecule has 0 atom stereocenters. The van der Waals surface area contributed by atoms with Crippen LogP contribution in [0.2, 0.25) is 0 Å². The second-order valence-electron chi connectivity index (χ2n) is 1.68. The molecule has 0 amide bonds. The highest BCUT2D eigenvalue weighted by Gasteiger charge is 2.00. The van der Waals surface area contributed by atoms with E-state index in [9.17, 15) is 0 Å². The minimum absolute atomic E-state index is 0.476. The van der Waals surface area contributed by atoms with Crippen LogP contribution in [-0.2, 0) is 5.75 Å². The number of rotatable bonds is 3. The third-order valence-electron chi connectivity index (χ3n) is 0.949. The van der Waals surface area contributed by atoms with Crippen LogP contribution in [0.1, 0.15) is 5.89 Å². The maximum atomic E-state index is 5.12. The van der Waals surface area contributed by atoms with Crippen molar-refractivity contribution in [3.63, 3.8) is 0 Å². The third kappa shape index (κ3) is 1.63. The van der Waals surface area contributed by atoms with Gasteiger partial charge in [0.1, 0.15) is 0 Å². The molecule has 0 aliphatic heterocycles. The summed E-state index contributed by atoms with van der Waals surface area (Å²) in [6.07, 6.45) is 1.99. The van der Waals surface area contributed by atoms with Gasteiger partial charge in [0.25, 0.3) is 0 Å². The average Bonchev–Trinajstić information content (AvgIpc) is 2.37. The van der Waals surface area contributed by atoms with Crippen LogP contribution in [0, 0.1) is 0 Å². The maximum absolute atomic E-state index is 5.12. The summed E-state index contributed by atoms with van der Waals surface area (Å²) < 4.78 is 5.12. The fourth-order valence-corrected chi connectivity index (χ4v) is 0.900. The molecular weight excluding hydrogens is 150 g/mol. The van der Waals surface area contributed by atoms with Crippen LogP contribution < -0.4 is 5.32 Å². The van der Waals surface area contributed by atoms with Gasteiger partial charge in [0, 0.05) is 7.05 Å². The first-order valence-electron chi connectivity index (χ1n) is 2.86. The largest absolute Gasteiger partial charge is 0.407 e. The monoisotopic (exact) mass is 159 g/mol. The van der Waals surface area contributed by atoms with E-state index in [4.69, 9.17) is 4.42 Å². The Hall–Kier alpha value is -0.710. The topological polar surface area (TPSA) is 51.0 Å². The summed E-state index contributed by atoms with van der Waals surface area (Å²) >= 11 is 1.65. The van der Waals surface area contributed by atoms with Crippen molar-refractivity contribution in [3.05, 3.63) is 5.89 Å². The fourth-order valence-electron chi connectivity index (χ4n) is 0.536. The lowest BCUT2D eigenvalue weighted by Gasteiger charge is -1.87. The molecule has 0 unspecified atom stereocenters. The van der Waals surface area contributed by atoms with E-state index in [1.165, 1.54) is 0 Å². The van der Waals surface area contributed by atoms with Gasteiger partial charge in [0.05, 0.1) is 5.75 Å². The zero-order chi connectivity index (χ0) is 7.40. The van der Waals surface area contributed by atoms with Gasteiger partial charge >= 0.3 is 6.01 Å². The Bertz CT molecular complexity index is 201. The van der Waals surface area contributed by atoms with Gasteiger partial charge in [-0.15, -0.1) is 5.10 Å². The van der Waals surface area contributed by atoms with Gasteiger partial charge in [0.2, 0.25) is 5.89 Å². The van der Waals surface area contributed by atoms with Crippen LogP contribution in [0.4, 0.5) is 6.01 Å². The summed E-state index contributed by atoms with van der Waals surface area (Å²) in [4.78, 5) is 0. The van der Waals surface area contributed by atoms with E-state index >= 15 is 0 Å². The van der Waals surface area contributed by atoms with E-state index in [0.29, 0.717) is 11.9 Å². The molecule has 0 bridgehead atoms. The molecule has 0 spiro atoms. The van der Waals surface area contributed by atoms with Crippen molar-refractivity contribution in [1.29, 1.82) is 0 Å². The molecule has 0 aliphatic carbocycles. The maximum Gasteiger partial charge on any atom is 0.315 e. The van der Waals surface area contributed by atoms with Crippen molar-refractivity contribution >= 4 is 17.8 Å². The molecule has 1 heterocycles. The molecule has 0 aliphatic rings. The summed E-state index contributed by atoms with van der Waals surface area (Å²) in [5.74, 6) is 1.44. The first-order valence-corrected chi connectivity index (χ1v) is 4.25. The SMILES string of the molecule is CNc1nnc(CSC)o1. The molecule has 1 N–H and O–H groups in total. The highest BCUT2D eigenvalue weighted by Crippen LogP contribution is 2.09. The normalized spacial score (nSPS) is 9.80. The first kappa shape index (κ1) is 7.40. The van der Waals surface area contributed by atoms with Crippen molar-refractivity contribution in [3.8, 4) is 0 Å². The zero-order valence-electron chi connectivity index (χ0n) is 5.92. The average molecular weight is 159 g/mol. The van der Waals surface area contributed by atoms with Crippen molar-refractivity contribution in [2.24, 2.45) is 0 Å². The zero-order valence-corrected chi connectivity index (χ0v) is 6.73. The van der Waals surface area contributed by atoms with Gasteiger partial charge in [0.15, 0.2) is 0 Å². The Kier molecular flexibility index (Phi) is 2.56. The molecular formula is C5H9N3OS. The number of aromatic nitrogens is 2. The van der Waals surface area contributed by atoms with E-state index in [1.807, 2.05) is 6.26 Å². The molecule has 0 saturated carbocycles. The number of hydrogen-bond acceptors (Lipinski definition) is 5. The summed E-state index contributed by atoms with van der Waals surface area (Å²) in [7, 11) is 1.75. The standard InChI is InChI=1S/C5H9N3OS/c1-6-5-8-7-4(9-5)3-10-2/h3H2,1-2H3,(H,6,8). The van der Waals surface area contributed by atoms with Crippen LogP contribution >= 0.6 is 11.8 Å². The highest BCUT2D eigenvalue weighted by atomic mass is 32.2. The highest BCUT2D eigenvalue weighted by molar-refractivity contribution is 7.97. The summed E-state index contributed by atoms with van der Waals surface area (Å²) in [6, 6.07) is 0.476. The predicted molar refractivity (Wildman–Crippen MR) is 41.1 cm³/mol. The number of thioether (sulfide) groups is 1. The molecule has 0 fully saturated rings. The summed E-state index contributed by atoms with van der Waals surface area (Å²) in [5, 5.41) is 10.2. The number of nitrogens with one attached hydrogen (secondary N) is 1. The third-order valence-corrected chi connectivity index (χ3v) is 1.48. The smallest absolute Gasteiger partial charge is 0.315 e. The molecule has 0 saturated heterocycles. The fraction of sp³-hybridized carbons (Fsp3) is 0.600. The van der Waals surface area contributed by atoms with E-state index < -0.39 is 0 Å². The predicted octanol–water partition coefficient (Wildman–Crippen LogP) is 0.974. The van der Waals surface area contributed by atoms with Crippen LogP contribution in [0.15, 0.2) is 4.42 Å². The van der Waals surface area contributed by atoms with Crippen molar-refractivity contribution < 1.29 is 4.42 Å². The second-order valence-corrected chi connectivity index (χ2v) is 2.55. The molecule has 0 radical (unpaired) electrons. The van der Waals surface area contributed by atoms with Gasteiger partial charge < -0.3 is 9.73 Å². The van der Waals surface area contributed by atoms with E-state index in [2.05, 4.69) is 15.5 Å². The lowest BCUT2D eigenvalue weighted by molar-refractivity contribution is 0.530. The molecule has 0 aromatic carbocycles. The molecule has 1 rings (SSSR count). The Labute approximate surface area is 63.4 Å². The van der Waals surface area contributed by atoms with Gasteiger partial charge in [-0.2, -0.15) is 11.8 Å². The Morgan fingerprint density at radius 3 is 2.90 bits per heavy atom. The van der Waals surface area contributed by atoms with Gasteiger partial charge in [-0.05, 0) is 6.26 Å². The molecule has 56 valence electrons. The second kappa shape index (κ2) is 3.46. The summed E-state index contributed by atoms with van der Waals surface area (Å²) in [6.45, 7) is 0. The van der Waals surface area contributed by atoms with Crippen molar-refractivity contribution in [1.82, 2.24) is 10.2 Å². The summed E-state index contributed by atoms with van der Waals surface area (Å²) in [5.41, 5.74) is 0. The van der Waals surface area contributed by atoms with Crippen LogP contribution in [0.5, 0.6) is 0 Å². The minimum Gasteiger partial charge on any atom is -0.407 e. The van der Waals surface area contributed by atoms with Gasteiger partial charge in [-0.1, -0.05) is 5.10 Å². The number of nitrogens with zero attached hydrogens (tertiary/aromatic N) is 2. The molecule has 10 heavy (non-hydrogen) atoms. The van der Waals surface area contributed by atoms with E-state index in [-0.39, 0.29) is 0 Å². The molecule has 5 heteroatoms. The lowest BCUT2D eigenvalue weighted by atomic mass is 10.8. The van der Waals surface area contributed by atoms with Crippen LogP contribution in [0.3, 0.4) is 0 Å². The van der Waals surface area contributed by atoms with Crippen molar-refractivity contribution in [2.75, 3.05) is 18.6 Å². The van der Waals surface area contributed by atoms with E-state index in [0.717, 1.165) is 5.75 Å². The van der Waals surface area contributed by atoms with Gasteiger partial charge in [-0.3, -0.25) is 0 Å². The minimum atomic E-state index is 0.476. The van der Waals surface area contributed by atoms with Gasteiger partial charge in [-0.25, -0.2) is 0 Å². The Morgan fingerprint density at radius 2 is 2.40 bits per heavy atom. The quantitative estimate of drug-likeness (QED) is 0.712. The molecule has 1 aromatic rings. The Morgan fingerprint density at radius 1 is 1.60 bits per heavy atom. The number of hydrogen-bond donors (Lipinski definition) is 1. The molecule has 4 nitrogen and oxygen atoms in total. The Balaban J connectivity index is 2.59. The lowest BCUT2D eigenvalue weighted by Crippen LogP contribution is -1.85. The number of anilines is 1. The molecule has 1 aromatic heterocycles. The van der Waals surface area contributed by atoms with Crippen LogP contribution in [-0.4, -0.2) is 23.5 Å². The first-order chi connectivity index (χ1) is 4.86. The van der Waals surface area contributed by atoms with Crippen molar-refractivity contribution in [2.45, 2.75) is 5.75 Å². The van der Waals surface area contributed by atoms with E-state index in [1.54, 1.807) is 18.8 Å².